The predicted octanol–water partition coefficient (Wildman–Crippen LogP) is 2.15. The molecule has 0 bridgehead atoms. The van der Waals surface area contributed by atoms with Gasteiger partial charge in [0, 0.05) is 31.0 Å². The lowest BCUT2D eigenvalue weighted by Gasteiger charge is -2.15. The Morgan fingerprint density at radius 3 is 2.94 bits per heavy atom. The molecule has 0 saturated carbocycles. The summed E-state index contributed by atoms with van der Waals surface area (Å²) in [5.41, 5.74) is 0. The summed E-state index contributed by atoms with van der Waals surface area (Å²) in [6.45, 7) is 0.506. The zero-order chi connectivity index (χ0) is 11.8. The average Bonchev–Trinajstić information content (AvgIpc) is 2.77. The highest BCUT2D eigenvalue weighted by Crippen LogP contribution is 2.39. The maximum atomic E-state index is 11.5. The van der Waals surface area contributed by atoms with Crippen LogP contribution in [0.15, 0.2) is 0 Å². The number of aliphatic hydroxyl groups is 1. The molecular weight excluding hydrogens is 242 g/mol. The summed E-state index contributed by atoms with van der Waals surface area (Å²) in [7, 11) is 5.73. The lowest BCUT2D eigenvalue weighted by molar-refractivity contribution is -0.130. The summed E-state index contributed by atoms with van der Waals surface area (Å²) >= 11 is 0. The van der Waals surface area contributed by atoms with E-state index in [9.17, 15) is 4.79 Å². The fourth-order valence-corrected chi connectivity index (χ4v) is 4.71. The number of likely N-dealkylation sites (N-methyl/N-ethyl adjacent to an activating group) is 1. The number of amides is 1. The molecule has 0 aromatic rings. The van der Waals surface area contributed by atoms with E-state index in [0.29, 0.717) is 13.0 Å². The van der Waals surface area contributed by atoms with Crippen molar-refractivity contribution < 1.29 is 9.90 Å². The van der Waals surface area contributed by atoms with E-state index >= 15 is 0 Å². The Balaban J connectivity index is 1.99. The van der Waals surface area contributed by atoms with E-state index < -0.39 is 0 Å². The standard InChI is InChI=1S/C11H21NO2S2/c1-12(7-8-13)11(14)5-3-2-4-10-6-9-15-16-10/h10,13H,2-9H2,1H3. The van der Waals surface area contributed by atoms with Gasteiger partial charge in [0.2, 0.25) is 5.91 Å². The van der Waals surface area contributed by atoms with Crippen LogP contribution < -0.4 is 0 Å². The quantitative estimate of drug-likeness (QED) is 0.564. The van der Waals surface area contributed by atoms with E-state index in [2.05, 4.69) is 0 Å². The van der Waals surface area contributed by atoms with Crippen molar-refractivity contribution in [2.45, 2.75) is 37.4 Å². The fraction of sp³-hybridized carbons (Fsp3) is 0.909. The van der Waals surface area contributed by atoms with E-state index in [1.807, 2.05) is 21.6 Å². The third-order valence-corrected chi connectivity index (χ3v) is 5.76. The molecule has 5 heteroatoms. The first-order valence-electron chi connectivity index (χ1n) is 5.87. The molecule has 3 nitrogen and oxygen atoms in total. The third-order valence-electron chi connectivity index (χ3n) is 2.76. The van der Waals surface area contributed by atoms with Gasteiger partial charge in [0.05, 0.1) is 6.61 Å². The van der Waals surface area contributed by atoms with Gasteiger partial charge < -0.3 is 10.0 Å². The highest BCUT2D eigenvalue weighted by atomic mass is 33.1. The van der Waals surface area contributed by atoms with Crippen LogP contribution in [0.25, 0.3) is 0 Å². The number of carbonyl (C=O) groups excluding carboxylic acids is 1. The molecule has 16 heavy (non-hydrogen) atoms. The number of unbranched alkanes of at least 4 members (excludes halogenated alkanes) is 1. The van der Waals surface area contributed by atoms with Crippen LogP contribution >= 0.6 is 21.6 Å². The summed E-state index contributed by atoms with van der Waals surface area (Å²) < 4.78 is 0. The molecule has 1 heterocycles. The number of rotatable bonds is 7. The first-order chi connectivity index (χ1) is 7.74. The molecule has 1 N–H and O–H groups in total. The lowest BCUT2D eigenvalue weighted by Crippen LogP contribution is -2.29. The molecule has 1 unspecified atom stereocenters. The second-order valence-corrected chi connectivity index (χ2v) is 6.90. The Kier molecular flexibility index (Phi) is 7.32. The highest BCUT2D eigenvalue weighted by Gasteiger charge is 2.16. The second-order valence-electron chi connectivity index (χ2n) is 4.11. The molecule has 1 saturated heterocycles. The van der Waals surface area contributed by atoms with Gasteiger partial charge in [-0.05, 0) is 19.3 Å². The van der Waals surface area contributed by atoms with Crippen molar-refractivity contribution in [1.29, 1.82) is 0 Å². The minimum absolute atomic E-state index is 0.0537. The topological polar surface area (TPSA) is 40.5 Å². The van der Waals surface area contributed by atoms with Crippen molar-refractivity contribution in [2.75, 3.05) is 26.0 Å². The van der Waals surface area contributed by atoms with Gasteiger partial charge >= 0.3 is 0 Å². The zero-order valence-electron chi connectivity index (χ0n) is 9.85. The van der Waals surface area contributed by atoms with Crippen molar-refractivity contribution in [3.8, 4) is 0 Å². The van der Waals surface area contributed by atoms with E-state index in [-0.39, 0.29) is 12.5 Å². The molecule has 0 radical (unpaired) electrons. The first kappa shape index (κ1) is 14.2. The van der Waals surface area contributed by atoms with Crippen LogP contribution in [0, 0.1) is 0 Å². The smallest absolute Gasteiger partial charge is 0.222 e. The summed E-state index contributed by atoms with van der Waals surface area (Å²) in [6.07, 6.45) is 5.33. The number of hydrogen-bond donors (Lipinski definition) is 1. The second kappa shape index (κ2) is 8.25. The monoisotopic (exact) mass is 263 g/mol. The molecule has 0 aromatic carbocycles. The normalized spacial score (nSPS) is 20.0. The number of nitrogens with zero attached hydrogens (tertiary/aromatic N) is 1. The summed E-state index contributed by atoms with van der Waals surface area (Å²) in [5.74, 6) is 1.44. The van der Waals surface area contributed by atoms with Gasteiger partial charge in [-0.25, -0.2) is 0 Å². The van der Waals surface area contributed by atoms with Gasteiger partial charge in [-0.3, -0.25) is 4.79 Å². The zero-order valence-corrected chi connectivity index (χ0v) is 11.5. The Hall–Kier alpha value is 0.130. The lowest BCUT2D eigenvalue weighted by atomic mass is 10.1. The Labute approximate surface area is 106 Å². The Morgan fingerprint density at radius 1 is 1.50 bits per heavy atom. The Morgan fingerprint density at radius 2 is 2.31 bits per heavy atom. The predicted molar refractivity (Wildman–Crippen MR) is 71.6 cm³/mol. The summed E-state index contributed by atoms with van der Waals surface area (Å²) in [6, 6.07) is 0. The summed E-state index contributed by atoms with van der Waals surface area (Å²) in [5, 5.41) is 9.52. The van der Waals surface area contributed by atoms with Crippen LogP contribution in [0.2, 0.25) is 0 Å². The first-order valence-corrected chi connectivity index (χ1v) is 8.25. The van der Waals surface area contributed by atoms with Crippen molar-refractivity contribution >= 4 is 27.5 Å². The highest BCUT2D eigenvalue weighted by molar-refractivity contribution is 8.77. The van der Waals surface area contributed by atoms with Crippen molar-refractivity contribution in [1.82, 2.24) is 4.90 Å². The van der Waals surface area contributed by atoms with Crippen LogP contribution in [-0.2, 0) is 4.79 Å². The molecule has 1 aliphatic rings. The molecular formula is C11H21NO2S2. The van der Waals surface area contributed by atoms with E-state index in [0.717, 1.165) is 18.1 Å². The average molecular weight is 263 g/mol. The van der Waals surface area contributed by atoms with Crippen LogP contribution in [0.1, 0.15) is 32.1 Å². The molecule has 1 atom stereocenters. The van der Waals surface area contributed by atoms with Crippen molar-refractivity contribution in [3.63, 3.8) is 0 Å². The minimum atomic E-state index is 0.0537. The summed E-state index contributed by atoms with van der Waals surface area (Å²) in [4.78, 5) is 13.1. The molecule has 94 valence electrons. The molecule has 1 amide bonds. The molecule has 1 aliphatic heterocycles. The van der Waals surface area contributed by atoms with Gasteiger partial charge in [0.15, 0.2) is 0 Å². The molecule has 0 spiro atoms. The van der Waals surface area contributed by atoms with Gasteiger partial charge in [0.1, 0.15) is 0 Å². The van der Waals surface area contributed by atoms with Gasteiger partial charge in [-0.1, -0.05) is 28.0 Å². The van der Waals surface area contributed by atoms with Crippen LogP contribution in [0.3, 0.4) is 0 Å². The molecule has 1 fully saturated rings. The molecule has 1 rings (SSSR count). The SMILES string of the molecule is CN(CCO)C(=O)CCCCC1CCSS1. The van der Waals surface area contributed by atoms with E-state index in [4.69, 9.17) is 5.11 Å². The maximum absolute atomic E-state index is 11.5. The van der Waals surface area contributed by atoms with E-state index in [1.165, 1.54) is 18.6 Å². The third kappa shape index (κ3) is 5.46. The Bertz CT molecular complexity index is 208. The minimum Gasteiger partial charge on any atom is -0.395 e. The van der Waals surface area contributed by atoms with Gasteiger partial charge in [-0.2, -0.15) is 0 Å². The van der Waals surface area contributed by atoms with Crippen LogP contribution in [0.4, 0.5) is 0 Å². The molecule has 0 aromatic heterocycles. The van der Waals surface area contributed by atoms with Crippen LogP contribution in [-0.4, -0.2) is 47.1 Å². The van der Waals surface area contributed by atoms with E-state index in [1.54, 1.807) is 11.9 Å². The molecule has 0 aliphatic carbocycles. The fourth-order valence-electron chi connectivity index (χ4n) is 1.68. The largest absolute Gasteiger partial charge is 0.395 e. The maximum Gasteiger partial charge on any atom is 0.222 e. The van der Waals surface area contributed by atoms with Crippen molar-refractivity contribution in [3.05, 3.63) is 0 Å². The van der Waals surface area contributed by atoms with Crippen LogP contribution in [0.5, 0.6) is 0 Å². The van der Waals surface area contributed by atoms with Gasteiger partial charge in [0.25, 0.3) is 0 Å². The van der Waals surface area contributed by atoms with Crippen molar-refractivity contribution in [2.24, 2.45) is 0 Å². The number of carbonyl (C=O) groups is 1. The van der Waals surface area contributed by atoms with Gasteiger partial charge in [-0.15, -0.1) is 0 Å². The number of hydrogen-bond acceptors (Lipinski definition) is 4. The number of aliphatic hydroxyl groups excluding tert-OH is 1.